The Balaban J connectivity index is 1.49. The smallest absolute Gasteiger partial charge is 0.343 e. The van der Waals surface area contributed by atoms with E-state index in [9.17, 15) is 9.59 Å². The van der Waals surface area contributed by atoms with Crippen LogP contribution in [0, 0.1) is 0 Å². The predicted molar refractivity (Wildman–Crippen MR) is 144 cm³/mol. The van der Waals surface area contributed by atoms with Gasteiger partial charge in [-0.2, -0.15) is 9.78 Å². The molecule has 0 bridgehead atoms. The fourth-order valence-electron chi connectivity index (χ4n) is 3.72. The van der Waals surface area contributed by atoms with E-state index in [4.69, 9.17) is 26.1 Å². The molecular formula is C29H20ClN3O4. The molecule has 0 aliphatic heterocycles. The molecule has 0 aliphatic carbocycles. The molecule has 0 radical (unpaired) electrons. The van der Waals surface area contributed by atoms with Crippen molar-refractivity contribution in [2.75, 3.05) is 7.11 Å². The van der Waals surface area contributed by atoms with Gasteiger partial charge in [0.15, 0.2) is 17.3 Å². The summed E-state index contributed by atoms with van der Waals surface area (Å²) >= 11 is 5.89. The minimum atomic E-state index is -0.544. The van der Waals surface area contributed by atoms with Gasteiger partial charge < -0.3 is 9.47 Å². The highest BCUT2D eigenvalue weighted by molar-refractivity contribution is 6.30. The first-order valence-electron chi connectivity index (χ1n) is 11.3. The van der Waals surface area contributed by atoms with Gasteiger partial charge in [0.1, 0.15) is 0 Å². The normalized spacial score (nSPS) is 11.1. The number of methoxy groups -OCH3 is 1. The van der Waals surface area contributed by atoms with Crippen molar-refractivity contribution in [1.29, 1.82) is 0 Å². The van der Waals surface area contributed by atoms with Crippen molar-refractivity contribution in [3.05, 3.63) is 124 Å². The van der Waals surface area contributed by atoms with Gasteiger partial charge in [-0.1, -0.05) is 54.1 Å². The number of nitrogens with zero attached hydrogens (tertiary/aromatic N) is 3. The van der Waals surface area contributed by atoms with Gasteiger partial charge >= 0.3 is 5.97 Å². The number of rotatable bonds is 6. The first-order valence-corrected chi connectivity index (χ1v) is 11.7. The van der Waals surface area contributed by atoms with E-state index in [2.05, 4.69) is 5.10 Å². The number of carbonyl (C=O) groups is 1. The van der Waals surface area contributed by atoms with Crippen molar-refractivity contribution in [2.24, 2.45) is 5.10 Å². The summed E-state index contributed by atoms with van der Waals surface area (Å²) in [6, 6.07) is 27.9. The molecule has 1 heterocycles. The molecule has 182 valence electrons. The van der Waals surface area contributed by atoms with Crippen LogP contribution < -0.4 is 15.0 Å². The minimum Gasteiger partial charge on any atom is -0.493 e. The Labute approximate surface area is 217 Å². The van der Waals surface area contributed by atoms with Crippen LogP contribution in [0.3, 0.4) is 0 Å². The number of carbonyl (C=O) groups excluding carboxylic acids is 1. The van der Waals surface area contributed by atoms with Crippen molar-refractivity contribution in [3.8, 4) is 22.9 Å². The van der Waals surface area contributed by atoms with E-state index >= 15 is 0 Å². The maximum absolute atomic E-state index is 13.3. The van der Waals surface area contributed by atoms with E-state index in [1.54, 1.807) is 60.7 Å². The van der Waals surface area contributed by atoms with Crippen molar-refractivity contribution < 1.29 is 14.3 Å². The highest BCUT2D eigenvalue weighted by Gasteiger charge is 2.14. The van der Waals surface area contributed by atoms with Crippen LogP contribution in [0.4, 0.5) is 0 Å². The highest BCUT2D eigenvalue weighted by Crippen LogP contribution is 2.29. The summed E-state index contributed by atoms with van der Waals surface area (Å²) in [5.74, 6) is 0.450. The number of esters is 1. The van der Waals surface area contributed by atoms with Gasteiger partial charge in [-0.15, -0.1) is 0 Å². The summed E-state index contributed by atoms with van der Waals surface area (Å²) in [6.07, 6.45) is 1.53. The second-order valence-electron chi connectivity index (χ2n) is 7.99. The number of hydrogen-bond acceptors (Lipinski definition) is 6. The van der Waals surface area contributed by atoms with E-state index in [0.717, 1.165) is 5.56 Å². The van der Waals surface area contributed by atoms with E-state index in [-0.39, 0.29) is 11.3 Å². The van der Waals surface area contributed by atoms with Crippen LogP contribution in [-0.4, -0.2) is 29.0 Å². The van der Waals surface area contributed by atoms with Gasteiger partial charge in [0.05, 0.1) is 29.8 Å². The van der Waals surface area contributed by atoms with E-state index in [0.29, 0.717) is 38.6 Å². The molecule has 0 atom stereocenters. The van der Waals surface area contributed by atoms with Crippen LogP contribution in [0.2, 0.25) is 5.02 Å². The Morgan fingerprint density at radius 2 is 1.65 bits per heavy atom. The van der Waals surface area contributed by atoms with Gasteiger partial charge in [-0.25, -0.2) is 9.78 Å². The van der Waals surface area contributed by atoms with Crippen LogP contribution in [0.5, 0.6) is 11.5 Å². The molecule has 0 saturated carbocycles. The molecule has 0 unspecified atom stereocenters. The Hall–Kier alpha value is -4.75. The molecule has 0 fully saturated rings. The zero-order valence-corrected chi connectivity index (χ0v) is 20.4. The summed E-state index contributed by atoms with van der Waals surface area (Å²) in [5.41, 5.74) is 2.04. The van der Waals surface area contributed by atoms with Crippen molar-refractivity contribution in [2.45, 2.75) is 0 Å². The van der Waals surface area contributed by atoms with Gasteiger partial charge in [-0.3, -0.25) is 4.79 Å². The molecule has 0 spiro atoms. The maximum atomic E-state index is 13.3. The largest absolute Gasteiger partial charge is 0.493 e. The molecule has 4 aromatic carbocycles. The number of para-hydroxylation sites is 1. The predicted octanol–water partition coefficient (Wildman–Crippen LogP) is 5.83. The van der Waals surface area contributed by atoms with Crippen LogP contribution in [-0.2, 0) is 0 Å². The monoisotopic (exact) mass is 509 g/mol. The first kappa shape index (κ1) is 24.0. The first-order chi connectivity index (χ1) is 18.0. The van der Waals surface area contributed by atoms with Crippen LogP contribution in [0.15, 0.2) is 107 Å². The fraction of sp³-hybridized carbons (Fsp3) is 0.0345. The maximum Gasteiger partial charge on any atom is 0.343 e. The lowest BCUT2D eigenvalue weighted by Crippen LogP contribution is -2.20. The van der Waals surface area contributed by atoms with Crippen LogP contribution >= 0.6 is 11.6 Å². The number of aromatic nitrogens is 2. The van der Waals surface area contributed by atoms with Gasteiger partial charge in [-0.05, 0) is 60.2 Å². The molecule has 37 heavy (non-hydrogen) atoms. The number of fused-ring (bicyclic) bond motifs is 1. The van der Waals surface area contributed by atoms with Crippen LogP contribution in [0.1, 0.15) is 15.9 Å². The van der Waals surface area contributed by atoms with Gasteiger partial charge in [0.2, 0.25) is 0 Å². The molecule has 7 nitrogen and oxygen atoms in total. The molecule has 0 amide bonds. The van der Waals surface area contributed by atoms with Gasteiger partial charge in [0.25, 0.3) is 5.56 Å². The Bertz CT molecular complexity index is 1680. The standard InChI is InChI=1S/C29H20ClN3O4/c1-36-26-17-19(11-16-25(26)37-29(35)21-12-14-22(30)15-13-21)18-31-33-27(20-7-3-2-4-8-20)32-24-10-6-5-9-23(24)28(33)34/h2-18H,1H3. The average Bonchev–Trinajstić information content (AvgIpc) is 2.94. The molecular weight excluding hydrogens is 490 g/mol. The summed E-state index contributed by atoms with van der Waals surface area (Å²) < 4.78 is 12.2. The summed E-state index contributed by atoms with van der Waals surface area (Å²) in [5, 5.41) is 5.45. The summed E-state index contributed by atoms with van der Waals surface area (Å²) in [7, 11) is 1.47. The number of hydrogen-bond donors (Lipinski definition) is 0. The minimum absolute atomic E-state index is 0.245. The third kappa shape index (κ3) is 5.12. The lowest BCUT2D eigenvalue weighted by Gasteiger charge is -2.11. The number of ether oxygens (including phenoxy) is 2. The Morgan fingerprint density at radius 3 is 2.41 bits per heavy atom. The van der Waals surface area contributed by atoms with Crippen molar-refractivity contribution in [3.63, 3.8) is 0 Å². The number of benzene rings is 4. The van der Waals surface area contributed by atoms with Crippen LogP contribution in [0.25, 0.3) is 22.3 Å². The molecule has 5 rings (SSSR count). The lowest BCUT2D eigenvalue weighted by atomic mass is 10.2. The molecule has 0 saturated heterocycles. The molecule has 0 N–H and O–H groups in total. The zero-order chi connectivity index (χ0) is 25.8. The second-order valence-corrected chi connectivity index (χ2v) is 8.42. The summed E-state index contributed by atoms with van der Waals surface area (Å²) in [6.45, 7) is 0. The van der Waals surface area contributed by atoms with Crippen molar-refractivity contribution in [1.82, 2.24) is 9.66 Å². The SMILES string of the molecule is COc1cc(C=Nn2c(-c3ccccc3)nc3ccccc3c2=O)ccc1OC(=O)c1ccc(Cl)cc1. The Kier molecular flexibility index (Phi) is 6.78. The van der Waals surface area contributed by atoms with E-state index in [1.165, 1.54) is 18.0 Å². The second kappa shape index (κ2) is 10.5. The molecule has 0 aliphatic rings. The summed E-state index contributed by atoms with van der Waals surface area (Å²) in [4.78, 5) is 30.5. The third-order valence-electron chi connectivity index (χ3n) is 5.58. The molecule has 8 heteroatoms. The van der Waals surface area contributed by atoms with E-state index < -0.39 is 5.97 Å². The van der Waals surface area contributed by atoms with E-state index in [1.807, 2.05) is 36.4 Å². The Morgan fingerprint density at radius 1 is 0.919 bits per heavy atom. The zero-order valence-electron chi connectivity index (χ0n) is 19.7. The fourth-order valence-corrected chi connectivity index (χ4v) is 3.85. The lowest BCUT2D eigenvalue weighted by molar-refractivity contribution is 0.0729. The average molecular weight is 510 g/mol. The molecule has 1 aromatic heterocycles. The number of halogens is 1. The highest BCUT2D eigenvalue weighted by atomic mass is 35.5. The molecule has 5 aromatic rings. The quantitative estimate of drug-likeness (QED) is 0.163. The topological polar surface area (TPSA) is 82.8 Å². The van der Waals surface area contributed by atoms with Crippen molar-refractivity contribution >= 4 is 34.7 Å². The van der Waals surface area contributed by atoms with Gasteiger partial charge in [0, 0.05) is 10.6 Å². The third-order valence-corrected chi connectivity index (χ3v) is 5.83.